The van der Waals surface area contributed by atoms with E-state index >= 15 is 0 Å². The third kappa shape index (κ3) is 5.33. The lowest BCUT2D eigenvalue weighted by atomic mass is 10.1. The standard InChI is InChI=1S/C28H29N3O/c1-21-14-15-22(2)24(19-21)20-31-26-12-7-6-11-25(26)30-27(31)13-8-18-29-28(32)17-16-23-9-4-3-5-10-23/h3-7,9-12,14-17,19H,8,13,18,20H2,1-2H3,(H,29,32)/b17-16+. The van der Waals surface area contributed by atoms with Crippen LogP contribution in [0.3, 0.4) is 0 Å². The minimum Gasteiger partial charge on any atom is -0.353 e. The molecule has 1 heterocycles. The molecule has 3 aromatic carbocycles. The lowest BCUT2D eigenvalue weighted by Gasteiger charge is -2.12. The summed E-state index contributed by atoms with van der Waals surface area (Å²) in [5.74, 6) is 0.985. The maximum atomic E-state index is 12.1. The second-order valence-corrected chi connectivity index (χ2v) is 8.17. The van der Waals surface area contributed by atoms with E-state index in [2.05, 4.69) is 60.1 Å². The predicted molar refractivity (Wildman–Crippen MR) is 132 cm³/mol. The zero-order valence-electron chi connectivity index (χ0n) is 18.7. The van der Waals surface area contributed by atoms with E-state index in [9.17, 15) is 4.79 Å². The Bertz CT molecular complexity index is 1240. The Kier molecular flexibility index (Phi) is 6.81. The highest BCUT2D eigenvalue weighted by atomic mass is 16.1. The molecule has 0 radical (unpaired) electrons. The highest BCUT2D eigenvalue weighted by molar-refractivity contribution is 5.91. The molecule has 4 aromatic rings. The molecule has 162 valence electrons. The fraction of sp³-hybridized carbons (Fsp3) is 0.214. The molecule has 32 heavy (non-hydrogen) atoms. The van der Waals surface area contributed by atoms with E-state index in [4.69, 9.17) is 4.98 Å². The van der Waals surface area contributed by atoms with E-state index in [0.717, 1.165) is 41.8 Å². The van der Waals surface area contributed by atoms with Gasteiger partial charge in [-0.1, -0.05) is 66.2 Å². The van der Waals surface area contributed by atoms with Crippen LogP contribution in [0, 0.1) is 13.8 Å². The van der Waals surface area contributed by atoms with E-state index in [0.29, 0.717) is 6.54 Å². The van der Waals surface area contributed by atoms with Gasteiger partial charge in [0.2, 0.25) is 5.91 Å². The first kappa shape index (κ1) is 21.6. The third-order valence-corrected chi connectivity index (χ3v) is 5.67. The molecule has 0 bridgehead atoms. The van der Waals surface area contributed by atoms with Gasteiger partial charge in [-0.15, -0.1) is 0 Å². The summed E-state index contributed by atoms with van der Waals surface area (Å²) in [6.07, 6.45) is 5.06. The van der Waals surface area contributed by atoms with Crippen LogP contribution in [0.5, 0.6) is 0 Å². The van der Waals surface area contributed by atoms with Gasteiger partial charge >= 0.3 is 0 Å². The molecular weight excluding hydrogens is 394 g/mol. The maximum absolute atomic E-state index is 12.1. The summed E-state index contributed by atoms with van der Waals surface area (Å²) in [6.45, 7) is 5.71. The van der Waals surface area contributed by atoms with Crippen molar-refractivity contribution >= 4 is 23.0 Å². The van der Waals surface area contributed by atoms with Crippen LogP contribution in [-0.2, 0) is 17.8 Å². The number of aryl methyl sites for hydroxylation is 3. The van der Waals surface area contributed by atoms with E-state index in [1.165, 1.54) is 16.7 Å². The number of hydrogen-bond acceptors (Lipinski definition) is 2. The van der Waals surface area contributed by atoms with Crippen molar-refractivity contribution in [2.24, 2.45) is 0 Å². The third-order valence-electron chi connectivity index (χ3n) is 5.67. The fourth-order valence-corrected chi connectivity index (χ4v) is 3.89. The SMILES string of the molecule is Cc1ccc(C)c(Cn2c(CCCNC(=O)/C=C/c3ccccc3)nc3ccccc32)c1. The van der Waals surface area contributed by atoms with Crippen LogP contribution in [0.15, 0.2) is 78.9 Å². The summed E-state index contributed by atoms with van der Waals surface area (Å²) in [5.41, 5.74) is 7.05. The van der Waals surface area contributed by atoms with Gasteiger partial charge in [-0.3, -0.25) is 4.79 Å². The molecule has 1 N–H and O–H groups in total. The molecule has 0 unspecified atom stereocenters. The molecular formula is C28H29N3O. The van der Waals surface area contributed by atoms with Gasteiger partial charge in [0.15, 0.2) is 0 Å². The lowest BCUT2D eigenvalue weighted by Crippen LogP contribution is -2.22. The summed E-state index contributed by atoms with van der Waals surface area (Å²) >= 11 is 0. The second-order valence-electron chi connectivity index (χ2n) is 8.17. The number of amides is 1. The molecule has 0 fully saturated rings. The summed E-state index contributed by atoms with van der Waals surface area (Å²) in [6, 6.07) is 24.7. The van der Waals surface area contributed by atoms with Crippen molar-refractivity contribution in [3.05, 3.63) is 107 Å². The molecule has 0 aliphatic rings. The summed E-state index contributed by atoms with van der Waals surface area (Å²) in [4.78, 5) is 17.0. The number of fused-ring (bicyclic) bond motifs is 1. The van der Waals surface area contributed by atoms with Gasteiger partial charge in [-0.05, 0) is 55.2 Å². The number of carbonyl (C=O) groups is 1. The molecule has 0 aliphatic heterocycles. The predicted octanol–water partition coefficient (Wildman–Crippen LogP) is 5.46. The van der Waals surface area contributed by atoms with E-state index in [-0.39, 0.29) is 5.91 Å². The molecule has 0 saturated heterocycles. The van der Waals surface area contributed by atoms with Gasteiger partial charge in [0.25, 0.3) is 0 Å². The largest absolute Gasteiger partial charge is 0.353 e. The highest BCUT2D eigenvalue weighted by Gasteiger charge is 2.12. The Balaban J connectivity index is 1.42. The Morgan fingerprint density at radius 1 is 1.00 bits per heavy atom. The number of imidazole rings is 1. The van der Waals surface area contributed by atoms with Gasteiger partial charge in [-0.2, -0.15) is 0 Å². The normalized spacial score (nSPS) is 11.3. The highest BCUT2D eigenvalue weighted by Crippen LogP contribution is 2.21. The number of carbonyl (C=O) groups excluding carboxylic acids is 1. The first-order valence-corrected chi connectivity index (χ1v) is 11.1. The first-order valence-electron chi connectivity index (χ1n) is 11.1. The van der Waals surface area contributed by atoms with E-state index in [1.54, 1.807) is 6.08 Å². The number of para-hydroxylation sites is 2. The Morgan fingerprint density at radius 3 is 2.62 bits per heavy atom. The fourth-order valence-electron chi connectivity index (χ4n) is 3.89. The molecule has 1 aromatic heterocycles. The van der Waals surface area contributed by atoms with Crippen LogP contribution in [0.4, 0.5) is 0 Å². The minimum atomic E-state index is -0.0715. The number of nitrogens with one attached hydrogen (secondary N) is 1. The lowest BCUT2D eigenvalue weighted by molar-refractivity contribution is -0.116. The summed E-state index contributed by atoms with van der Waals surface area (Å²) in [7, 11) is 0. The Labute approximate surface area is 189 Å². The van der Waals surface area contributed by atoms with Gasteiger partial charge in [0.1, 0.15) is 5.82 Å². The molecule has 0 saturated carbocycles. The number of nitrogens with zero attached hydrogens (tertiary/aromatic N) is 2. The van der Waals surface area contributed by atoms with Gasteiger partial charge in [0, 0.05) is 25.6 Å². The first-order chi connectivity index (χ1) is 15.6. The average Bonchev–Trinajstić information content (AvgIpc) is 3.16. The van der Waals surface area contributed by atoms with Crippen molar-refractivity contribution in [1.29, 1.82) is 0 Å². The van der Waals surface area contributed by atoms with Crippen LogP contribution in [0.1, 0.15) is 34.5 Å². The maximum Gasteiger partial charge on any atom is 0.243 e. The molecule has 0 spiro atoms. The van der Waals surface area contributed by atoms with Gasteiger partial charge < -0.3 is 9.88 Å². The van der Waals surface area contributed by atoms with Gasteiger partial charge in [0.05, 0.1) is 11.0 Å². The molecule has 0 aliphatic carbocycles. The van der Waals surface area contributed by atoms with E-state index < -0.39 is 0 Å². The zero-order chi connectivity index (χ0) is 22.3. The quantitative estimate of drug-likeness (QED) is 0.302. The van der Waals surface area contributed by atoms with Crippen molar-refractivity contribution in [2.45, 2.75) is 33.2 Å². The Hall–Kier alpha value is -3.66. The van der Waals surface area contributed by atoms with Crippen LogP contribution < -0.4 is 5.32 Å². The molecule has 4 heteroatoms. The van der Waals surface area contributed by atoms with Crippen molar-refractivity contribution in [3.8, 4) is 0 Å². The molecule has 1 amide bonds. The van der Waals surface area contributed by atoms with Crippen molar-refractivity contribution in [1.82, 2.24) is 14.9 Å². The van der Waals surface area contributed by atoms with Gasteiger partial charge in [-0.25, -0.2) is 4.98 Å². The molecule has 4 rings (SSSR count). The van der Waals surface area contributed by atoms with E-state index in [1.807, 2.05) is 42.5 Å². The smallest absolute Gasteiger partial charge is 0.243 e. The van der Waals surface area contributed by atoms with Crippen molar-refractivity contribution in [2.75, 3.05) is 6.54 Å². The second kappa shape index (κ2) is 10.1. The number of benzene rings is 3. The number of rotatable bonds is 8. The number of hydrogen-bond donors (Lipinski definition) is 1. The van der Waals surface area contributed by atoms with Crippen molar-refractivity contribution < 1.29 is 4.79 Å². The van der Waals surface area contributed by atoms with Crippen LogP contribution in [-0.4, -0.2) is 22.0 Å². The molecule has 0 atom stereocenters. The zero-order valence-corrected chi connectivity index (χ0v) is 18.7. The Morgan fingerprint density at radius 2 is 1.78 bits per heavy atom. The van der Waals surface area contributed by atoms with Crippen LogP contribution >= 0.6 is 0 Å². The minimum absolute atomic E-state index is 0.0715. The summed E-state index contributed by atoms with van der Waals surface area (Å²) < 4.78 is 2.31. The average molecular weight is 424 g/mol. The molecule has 4 nitrogen and oxygen atoms in total. The van der Waals surface area contributed by atoms with Crippen molar-refractivity contribution in [3.63, 3.8) is 0 Å². The number of aromatic nitrogens is 2. The van der Waals surface area contributed by atoms with Crippen LogP contribution in [0.25, 0.3) is 17.1 Å². The summed E-state index contributed by atoms with van der Waals surface area (Å²) in [5, 5.41) is 2.98. The monoisotopic (exact) mass is 423 g/mol. The van der Waals surface area contributed by atoms with Crippen LogP contribution in [0.2, 0.25) is 0 Å². The topological polar surface area (TPSA) is 46.9 Å².